The summed E-state index contributed by atoms with van der Waals surface area (Å²) in [4.78, 5) is 40.0. The van der Waals surface area contributed by atoms with Gasteiger partial charge in [-0.3, -0.25) is 24.6 Å². The van der Waals surface area contributed by atoms with Gasteiger partial charge in [-0.15, -0.1) is 0 Å². The molecule has 8 nitrogen and oxygen atoms in total. The number of furan rings is 1. The van der Waals surface area contributed by atoms with Crippen LogP contribution in [0, 0.1) is 13.8 Å². The third-order valence-corrected chi connectivity index (χ3v) is 7.31. The van der Waals surface area contributed by atoms with Crippen LogP contribution in [0.3, 0.4) is 0 Å². The highest BCUT2D eigenvalue weighted by Crippen LogP contribution is 2.35. The number of nitrogens with zero attached hydrogens (tertiary/aromatic N) is 2. The van der Waals surface area contributed by atoms with E-state index in [9.17, 15) is 14.4 Å². The molecule has 0 bridgehead atoms. The largest absolute Gasteiger partial charge is 0.460 e. The number of nitrogens with one attached hydrogen (secondary N) is 2. The number of carbonyl (C=O) groups is 1. The monoisotopic (exact) mass is 544 g/mol. The Morgan fingerprint density at radius 1 is 0.707 bits per heavy atom. The maximum absolute atomic E-state index is 14.0. The van der Waals surface area contributed by atoms with Gasteiger partial charge in [0.2, 0.25) is 0 Å². The number of aryl methyl sites for hydroxylation is 2. The summed E-state index contributed by atoms with van der Waals surface area (Å²) in [6.45, 7) is 5.16. The van der Waals surface area contributed by atoms with Gasteiger partial charge in [-0.1, -0.05) is 54.6 Å². The minimum Gasteiger partial charge on any atom is -0.460 e. The van der Waals surface area contributed by atoms with Crippen molar-refractivity contribution in [2.45, 2.75) is 26.7 Å². The van der Waals surface area contributed by atoms with Crippen LogP contribution in [0.1, 0.15) is 51.5 Å². The van der Waals surface area contributed by atoms with Crippen LogP contribution in [0.4, 0.5) is 0 Å². The Kier molecular flexibility index (Phi) is 6.51. The minimum absolute atomic E-state index is 0.0506. The average Bonchev–Trinajstić information content (AvgIpc) is 3.67. The zero-order valence-electron chi connectivity index (χ0n) is 22.8. The summed E-state index contributed by atoms with van der Waals surface area (Å²) in [7, 11) is 0. The third kappa shape index (κ3) is 4.59. The summed E-state index contributed by atoms with van der Waals surface area (Å²) in [5, 5.41) is 6.38. The van der Waals surface area contributed by atoms with Gasteiger partial charge in [-0.2, -0.15) is 0 Å². The first-order valence-corrected chi connectivity index (χ1v) is 13.3. The fourth-order valence-corrected chi connectivity index (χ4v) is 5.30. The van der Waals surface area contributed by atoms with Crippen LogP contribution in [-0.2, 0) is 0 Å². The molecule has 6 rings (SSSR count). The van der Waals surface area contributed by atoms with E-state index >= 15 is 0 Å². The summed E-state index contributed by atoms with van der Waals surface area (Å²) in [5.74, 6) is 0.112. The summed E-state index contributed by atoms with van der Waals surface area (Å²) in [6.07, 6.45) is 0. The molecule has 0 saturated carbocycles. The third-order valence-electron chi connectivity index (χ3n) is 7.31. The number of aromatic amines is 2. The minimum atomic E-state index is -0.804. The molecule has 0 radical (unpaired) electrons. The standard InChI is InChI=1S/C33H28N4O4/c1-20-29(32(39)36(34-20)25-13-6-4-7-14-25)31(30-21(2)35-37(33(30)40)26-15-8-5-9-16-26)28-18-17-27(41-28)24-12-10-11-23(19-24)22(3)38/h4-19,31,34-35H,1-3H3. The second-order valence-corrected chi connectivity index (χ2v) is 10.0. The van der Waals surface area contributed by atoms with Crippen LogP contribution >= 0.6 is 0 Å². The van der Waals surface area contributed by atoms with Gasteiger partial charge in [0.25, 0.3) is 11.1 Å². The molecule has 3 heterocycles. The second kappa shape index (κ2) is 10.3. The number of para-hydroxylation sites is 2. The van der Waals surface area contributed by atoms with Crippen molar-refractivity contribution < 1.29 is 9.21 Å². The predicted molar refractivity (Wildman–Crippen MR) is 157 cm³/mol. The van der Waals surface area contributed by atoms with Crippen LogP contribution in [0.25, 0.3) is 22.7 Å². The Bertz CT molecular complexity index is 1890. The van der Waals surface area contributed by atoms with Crippen molar-refractivity contribution in [3.05, 3.63) is 152 Å². The van der Waals surface area contributed by atoms with Gasteiger partial charge in [0.15, 0.2) is 5.78 Å². The van der Waals surface area contributed by atoms with Gasteiger partial charge in [0, 0.05) is 22.5 Å². The molecular weight excluding hydrogens is 516 g/mol. The van der Waals surface area contributed by atoms with Crippen molar-refractivity contribution in [2.75, 3.05) is 0 Å². The van der Waals surface area contributed by atoms with Crippen LogP contribution in [0.5, 0.6) is 0 Å². The molecular formula is C33H28N4O4. The number of hydrogen-bond acceptors (Lipinski definition) is 4. The highest BCUT2D eigenvalue weighted by molar-refractivity contribution is 5.95. The molecule has 41 heavy (non-hydrogen) atoms. The molecule has 3 aromatic carbocycles. The number of H-pyrrole nitrogens is 2. The van der Waals surface area contributed by atoms with E-state index < -0.39 is 5.92 Å². The molecule has 8 heteroatoms. The highest BCUT2D eigenvalue weighted by atomic mass is 16.3. The number of ketones is 1. The quantitative estimate of drug-likeness (QED) is 0.244. The summed E-state index contributed by atoms with van der Waals surface area (Å²) >= 11 is 0. The first kappa shape index (κ1) is 25.9. The zero-order valence-corrected chi connectivity index (χ0v) is 22.8. The van der Waals surface area contributed by atoms with Gasteiger partial charge in [0.1, 0.15) is 11.5 Å². The Labute approximate surface area is 235 Å². The van der Waals surface area contributed by atoms with Crippen LogP contribution in [-0.4, -0.2) is 25.3 Å². The fourth-order valence-electron chi connectivity index (χ4n) is 5.30. The molecule has 0 saturated heterocycles. The molecule has 204 valence electrons. The van der Waals surface area contributed by atoms with E-state index in [1.807, 2.05) is 80.6 Å². The second-order valence-electron chi connectivity index (χ2n) is 10.0. The number of hydrogen-bond donors (Lipinski definition) is 2. The Hall–Kier alpha value is -5.37. The summed E-state index contributed by atoms with van der Waals surface area (Å²) in [5.41, 5.74) is 4.15. The molecule has 0 fully saturated rings. The lowest BCUT2D eigenvalue weighted by atomic mass is 9.89. The maximum atomic E-state index is 14.0. The first-order valence-electron chi connectivity index (χ1n) is 13.3. The first-order chi connectivity index (χ1) is 19.8. The SMILES string of the molecule is CC(=O)c1cccc(-c2ccc(C(c3c(C)[nH]n(-c4ccccc4)c3=O)c3c(C)[nH]n(-c4ccccc4)c3=O)o2)c1. The van der Waals surface area contributed by atoms with E-state index in [-0.39, 0.29) is 16.9 Å². The smallest absolute Gasteiger partial charge is 0.275 e. The molecule has 0 aliphatic rings. The number of aromatic nitrogens is 4. The summed E-state index contributed by atoms with van der Waals surface area (Å²) in [6, 6.07) is 29.3. The van der Waals surface area contributed by atoms with E-state index in [1.54, 1.807) is 30.3 Å². The van der Waals surface area contributed by atoms with Gasteiger partial charge in [-0.25, -0.2) is 9.36 Å². The Morgan fingerprint density at radius 3 is 1.76 bits per heavy atom. The fraction of sp³-hybridized carbons (Fsp3) is 0.121. The zero-order chi connectivity index (χ0) is 28.7. The Balaban J connectivity index is 1.57. The number of Topliss-reactive ketones (excluding diaryl/α,β-unsaturated/α-hetero) is 1. The molecule has 0 aliphatic carbocycles. The Morgan fingerprint density at radius 2 is 1.24 bits per heavy atom. The van der Waals surface area contributed by atoms with E-state index in [2.05, 4.69) is 10.2 Å². The molecule has 0 unspecified atom stereocenters. The lowest BCUT2D eigenvalue weighted by Crippen LogP contribution is -2.25. The highest BCUT2D eigenvalue weighted by Gasteiger charge is 2.33. The topological polar surface area (TPSA) is 106 Å². The van der Waals surface area contributed by atoms with Crippen LogP contribution in [0.2, 0.25) is 0 Å². The van der Waals surface area contributed by atoms with Crippen molar-refractivity contribution in [3.63, 3.8) is 0 Å². The van der Waals surface area contributed by atoms with E-state index in [1.165, 1.54) is 16.3 Å². The molecule has 0 spiro atoms. The van der Waals surface area contributed by atoms with Crippen molar-refractivity contribution >= 4 is 5.78 Å². The molecule has 0 aliphatic heterocycles. The lowest BCUT2D eigenvalue weighted by molar-refractivity contribution is 0.101. The molecule has 6 aromatic rings. The summed E-state index contributed by atoms with van der Waals surface area (Å²) < 4.78 is 9.35. The van der Waals surface area contributed by atoms with E-state index in [4.69, 9.17) is 4.42 Å². The van der Waals surface area contributed by atoms with Gasteiger partial charge in [-0.05, 0) is 63.2 Å². The predicted octanol–water partition coefficient (Wildman–Crippen LogP) is 5.90. The number of carbonyl (C=O) groups excluding carboxylic acids is 1. The van der Waals surface area contributed by atoms with E-state index in [0.29, 0.717) is 51.0 Å². The van der Waals surface area contributed by atoms with Gasteiger partial charge < -0.3 is 4.42 Å². The molecule has 0 amide bonds. The van der Waals surface area contributed by atoms with Gasteiger partial charge >= 0.3 is 0 Å². The maximum Gasteiger partial charge on any atom is 0.275 e. The van der Waals surface area contributed by atoms with Crippen molar-refractivity contribution in [2.24, 2.45) is 0 Å². The normalized spacial score (nSPS) is 11.3. The average molecular weight is 545 g/mol. The molecule has 0 atom stereocenters. The van der Waals surface area contributed by atoms with Gasteiger partial charge in [0.05, 0.1) is 28.4 Å². The number of rotatable bonds is 7. The molecule has 2 N–H and O–H groups in total. The molecule has 3 aromatic heterocycles. The van der Waals surface area contributed by atoms with Crippen molar-refractivity contribution in [1.82, 2.24) is 19.6 Å². The van der Waals surface area contributed by atoms with Crippen LogP contribution in [0.15, 0.2) is 111 Å². The van der Waals surface area contributed by atoms with Crippen molar-refractivity contribution in [3.8, 4) is 22.7 Å². The number of benzene rings is 3. The van der Waals surface area contributed by atoms with Crippen molar-refractivity contribution in [1.29, 1.82) is 0 Å². The lowest BCUT2D eigenvalue weighted by Gasteiger charge is -2.13. The van der Waals surface area contributed by atoms with E-state index in [0.717, 1.165) is 5.56 Å². The van der Waals surface area contributed by atoms with Crippen LogP contribution < -0.4 is 11.1 Å².